The van der Waals surface area contributed by atoms with Crippen molar-refractivity contribution in [2.24, 2.45) is 11.8 Å². The van der Waals surface area contributed by atoms with Gasteiger partial charge < -0.3 is 24.8 Å². The number of amides is 2. The Balaban J connectivity index is 2.24. The third-order valence-corrected chi connectivity index (χ3v) is 4.32. The number of urea groups is 1. The number of anilines is 1. The number of carbonyl (C=O) groups is 4. The van der Waals surface area contributed by atoms with Gasteiger partial charge in [0, 0.05) is 18.8 Å². The number of carboxylic acids is 1. The topological polar surface area (TPSA) is 122 Å². The molecule has 0 bridgehead atoms. The van der Waals surface area contributed by atoms with Crippen molar-refractivity contribution in [1.29, 1.82) is 0 Å². The van der Waals surface area contributed by atoms with Gasteiger partial charge in [-0.3, -0.25) is 4.79 Å². The summed E-state index contributed by atoms with van der Waals surface area (Å²) in [5, 5.41) is 11.8. The number of benzene rings is 1. The maximum Gasteiger partial charge on any atom is 0.337 e. The number of likely N-dealkylation sites (tertiary alicyclic amines) is 1. The minimum atomic E-state index is -0.944. The Kier molecular flexibility index (Phi) is 6.38. The molecule has 1 saturated heterocycles. The molecule has 0 spiro atoms. The van der Waals surface area contributed by atoms with Gasteiger partial charge in [0.2, 0.25) is 0 Å². The summed E-state index contributed by atoms with van der Waals surface area (Å²) < 4.78 is 9.31. The number of carbonyl (C=O) groups excluding carboxylic acids is 3. The number of hydrogen-bond acceptors (Lipinski definition) is 6. The van der Waals surface area contributed by atoms with Gasteiger partial charge in [-0.2, -0.15) is 0 Å². The van der Waals surface area contributed by atoms with Gasteiger partial charge in [-0.05, 0) is 30.5 Å². The molecule has 2 N–H and O–H groups in total. The fourth-order valence-electron chi connectivity index (χ4n) is 3.07. The molecular formula is C18H22N2O7. The number of esters is 2. The van der Waals surface area contributed by atoms with Crippen LogP contribution < -0.4 is 5.32 Å². The average Bonchev–Trinajstić information content (AvgIpc) is 2.65. The highest BCUT2D eigenvalue weighted by Gasteiger charge is 2.32. The van der Waals surface area contributed by atoms with Crippen molar-refractivity contribution >= 4 is 29.6 Å². The molecule has 0 radical (unpaired) electrons. The van der Waals surface area contributed by atoms with E-state index in [1.807, 2.05) is 6.92 Å². The second-order valence-electron chi connectivity index (χ2n) is 6.49. The number of carboxylic acid groups (broad SMARTS) is 1. The fraction of sp³-hybridized carbons (Fsp3) is 0.444. The maximum atomic E-state index is 12.6. The summed E-state index contributed by atoms with van der Waals surface area (Å²) in [5.41, 5.74) is 0.352. The van der Waals surface area contributed by atoms with Gasteiger partial charge in [-0.25, -0.2) is 14.4 Å². The standard InChI is InChI=1S/C18H22N2O7/c1-10-4-13(15(21)22)9-20(8-10)18(25)19-14-6-11(16(23)26-2)5-12(7-14)17(24)27-3/h5-7,10,13H,4,8-9H2,1-3H3,(H,19,25)(H,21,22). The second kappa shape index (κ2) is 8.52. The van der Waals surface area contributed by atoms with Crippen LogP contribution in [0.15, 0.2) is 18.2 Å². The molecule has 2 atom stereocenters. The monoisotopic (exact) mass is 378 g/mol. The van der Waals surface area contributed by atoms with Crippen molar-refractivity contribution in [3.63, 3.8) is 0 Å². The first-order valence-corrected chi connectivity index (χ1v) is 8.35. The summed E-state index contributed by atoms with van der Waals surface area (Å²) in [6.07, 6.45) is 0.503. The number of ether oxygens (including phenoxy) is 2. The molecule has 0 saturated carbocycles. The second-order valence-corrected chi connectivity index (χ2v) is 6.49. The van der Waals surface area contributed by atoms with E-state index in [-0.39, 0.29) is 29.3 Å². The lowest BCUT2D eigenvalue weighted by Gasteiger charge is -2.34. The normalized spacial score (nSPS) is 19.1. The lowest BCUT2D eigenvalue weighted by molar-refractivity contribution is -0.143. The van der Waals surface area contributed by atoms with Gasteiger partial charge in [0.05, 0.1) is 31.3 Å². The van der Waals surface area contributed by atoms with E-state index in [1.165, 1.54) is 37.3 Å². The molecule has 2 amide bonds. The first kappa shape index (κ1) is 20.2. The number of aliphatic carboxylic acids is 1. The zero-order valence-electron chi connectivity index (χ0n) is 15.4. The Labute approximate surface area is 156 Å². The van der Waals surface area contributed by atoms with Crippen LogP contribution in [0.5, 0.6) is 0 Å². The zero-order chi connectivity index (χ0) is 20.1. The summed E-state index contributed by atoms with van der Waals surface area (Å²) >= 11 is 0. The molecule has 1 aromatic carbocycles. The Bertz CT molecular complexity index is 728. The van der Waals surface area contributed by atoms with Crippen molar-refractivity contribution < 1.29 is 33.8 Å². The highest BCUT2D eigenvalue weighted by atomic mass is 16.5. The van der Waals surface area contributed by atoms with Crippen LogP contribution >= 0.6 is 0 Å². The predicted molar refractivity (Wildman–Crippen MR) is 94.6 cm³/mol. The summed E-state index contributed by atoms with van der Waals surface area (Å²) in [6, 6.07) is 3.54. The van der Waals surface area contributed by atoms with Gasteiger partial charge in [-0.1, -0.05) is 6.92 Å². The average molecular weight is 378 g/mol. The minimum Gasteiger partial charge on any atom is -0.481 e. The van der Waals surface area contributed by atoms with Crippen LogP contribution in [0.25, 0.3) is 0 Å². The number of methoxy groups -OCH3 is 2. The van der Waals surface area contributed by atoms with Crippen molar-refractivity contribution in [3.05, 3.63) is 29.3 Å². The summed E-state index contributed by atoms with van der Waals surface area (Å²) in [7, 11) is 2.40. The minimum absolute atomic E-state index is 0.0395. The Hall–Kier alpha value is -3.10. The van der Waals surface area contributed by atoms with Gasteiger partial charge >= 0.3 is 23.9 Å². The highest BCUT2D eigenvalue weighted by Crippen LogP contribution is 2.23. The Morgan fingerprint density at radius 1 is 1.04 bits per heavy atom. The first-order valence-electron chi connectivity index (χ1n) is 8.35. The van der Waals surface area contributed by atoms with Crippen molar-refractivity contribution in [3.8, 4) is 0 Å². The quantitative estimate of drug-likeness (QED) is 0.766. The fourth-order valence-corrected chi connectivity index (χ4v) is 3.07. The molecule has 1 fully saturated rings. The predicted octanol–water partition coefficient (Wildman–Crippen LogP) is 1.83. The number of nitrogens with one attached hydrogen (secondary N) is 1. The van der Waals surface area contributed by atoms with Crippen molar-refractivity contribution in [1.82, 2.24) is 4.90 Å². The molecule has 146 valence electrons. The van der Waals surface area contributed by atoms with E-state index >= 15 is 0 Å². The molecule has 1 aliphatic rings. The highest BCUT2D eigenvalue weighted by molar-refractivity contribution is 5.99. The SMILES string of the molecule is COC(=O)c1cc(NC(=O)N2CC(C)CC(C(=O)O)C2)cc(C(=O)OC)c1. The molecule has 2 rings (SSSR count). The van der Waals surface area contributed by atoms with Crippen molar-refractivity contribution in [2.45, 2.75) is 13.3 Å². The van der Waals surface area contributed by atoms with Crippen LogP contribution in [0, 0.1) is 11.8 Å². The Morgan fingerprint density at radius 2 is 1.59 bits per heavy atom. The van der Waals surface area contributed by atoms with Crippen LogP contribution in [-0.4, -0.2) is 61.3 Å². The van der Waals surface area contributed by atoms with E-state index in [2.05, 4.69) is 14.8 Å². The molecule has 1 aliphatic heterocycles. The van der Waals surface area contributed by atoms with Gasteiger partial charge in [0.15, 0.2) is 0 Å². The number of rotatable bonds is 4. The molecule has 27 heavy (non-hydrogen) atoms. The van der Waals surface area contributed by atoms with Crippen molar-refractivity contribution in [2.75, 3.05) is 32.6 Å². The Morgan fingerprint density at radius 3 is 2.07 bits per heavy atom. The van der Waals surface area contributed by atoms with Crippen LogP contribution in [0.1, 0.15) is 34.1 Å². The molecular weight excluding hydrogens is 356 g/mol. The van der Waals surface area contributed by atoms with Crippen LogP contribution in [0.3, 0.4) is 0 Å². The van der Waals surface area contributed by atoms with Gasteiger partial charge in [0.1, 0.15) is 0 Å². The number of nitrogens with zero attached hydrogens (tertiary/aromatic N) is 1. The number of hydrogen-bond donors (Lipinski definition) is 2. The molecule has 0 aliphatic carbocycles. The van der Waals surface area contributed by atoms with E-state index < -0.39 is 29.9 Å². The first-order chi connectivity index (χ1) is 12.7. The smallest absolute Gasteiger partial charge is 0.337 e. The van der Waals surface area contributed by atoms with E-state index in [4.69, 9.17) is 0 Å². The van der Waals surface area contributed by atoms with E-state index in [0.717, 1.165) is 0 Å². The molecule has 0 aromatic heterocycles. The summed E-state index contributed by atoms with van der Waals surface area (Å²) in [6.45, 7) is 2.38. The molecule has 9 nitrogen and oxygen atoms in total. The summed E-state index contributed by atoms with van der Waals surface area (Å²) in [5.74, 6) is -2.88. The maximum absolute atomic E-state index is 12.6. The summed E-state index contributed by atoms with van der Waals surface area (Å²) in [4.78, 5) is 48.9. The largest absolute Gasteiger partial charge is 0.481 e. The lowest BCUT2D eigenvalue weighted by Crippen LogP contribution is -2.47. The third-order valence-electron chi connectivity index (χ3n) is 4.32. The van der Waals surface area contributed by atoms with E-state index in [0.29, 0.717) is 13.0 Å². The van der Waals surface area contributed by atoms with E-state index in [1.54, 1.807) is 0 Å². The zero-order valence-corrected chi connectivity index (χ0v) is 15.4. The van der Waals surface area contributed by atoms with Crippen LogP contribution in [0.2, 0.25) is 0 Å². The molecule has 2 unspecified atom stereocenters. The molecule has 1 aromatic rings. The van der Waals surface area contributed by atoms with Crippen LogP contribution in [0.4, 0.5) is 10.5 Å². The molecule has 1 heterocycles. The van der Waals surface area contributed by atoms with Gasteiger partial charge in [-0.15, -0.1) is 0 Å². The van der Waals surface area contributed by atoms with E-state index in [9.17, 15) is 24.3 Å². The third kappa shape index (κ3) is 4.96. The molecule has 9 heteroatoms. The lowest BCUT2D eigenvalue weighted by atomic mass is 9.91. The number of piperidine rings is 1. The van der Waals surface area contributed by atoms with Crippen LogP contribution in [-0.2, 0) is 14.3 Å². The van der Waals surface area contributed by atoms with Gasteiger partial charge in [0.25, 0.3) is 0 Å².